The van der Waals surface area contributed by atoms with Crippen molar-refractivity contribution in [1.29, 1.82) is 0 Å². The number of morpholine rings is 1. The third-order valence-corrected chi connectivity index (χ3v) is 6.53. The van der Waals surface area contributed by atoms with Gasteiger partial charge in [0.05, 0.1) is 18.1 Å². The number of aryl methyl sites for hydroxylation is 1. The Kier molecular flexibility index (Phi) is 4.88. The molecule has 8 nitrogen and oxygen atoms in total. The van der Waals surface area contributed by atoms with Crippen molar-refractivity contribution in [2.45, 2.75) is 11.8 Å². The molecule has 4 rings (SSSR count). The molecule has 10 heteroatoms. The quantitative estimate of drug-likeness (QED) is 0.598. The van der Waals surface area contributed by atoms with Gasteiger partial charge in [-0.1, -0.05) is 17.7 Å². The van der Waals surface area contributed by atoms with E-state index in [0.29, 0.717) is 37.4 Å². The predicted molar refractivity (Wildman–Crippen MR) is 106 cm³/mol. The lowest BCUT2D eigenvalue weighted by molar-refractivity contribution is 0.123. The summed E-state index contributed by atoms with van der Waals surface area (Å²) in [6, 6.07) is 8.23. The SMILES string of the molecule is Cc1ccc(S(=O)(=O)n2cc(B(O)O)c3c(N4CCOCC4)ccnc32)cc1. The Bertz CT molecular complexity index is 1110. The minimum absolute atomic E-state index is 0.0975. The first-order chi connectivity index (χ1) is 13.4. The minimum Gasteiger partial charge on any atom is -0.423 e. The van der Waals surface area contributed by atoms with Gasteiger partial charge in [0.2, 0.25) is 0 Å². The van der Waals surface area contributed by atoms with Gasteiger partial charge in [0.25, 0.3) is 10.0 Å². The number of anilines is 1. The first kappa shape index (κ1) is 18.9. The van der Waals surface area contributed by atoms with Gasteiger partial charge in [0.1, 0.15) is 0 Å². The summed E-state index contributed by atoms with van der Waals surface area (Å²) in [7, 11) is -5.79. The van der Waals surface area contributed by atoms with E-state index < -0.39 is 17.1 Å². The molecule has 0 spiro atoms. The Labute approximate surface area is 163 Å². The lowest BCUT2D eigenvalue weighted by Gasteiger charge is -2.29. The van der Waals surface area contributed by atoms with Gasteiger partial charge in [0, 0.05) is 42.0 Å². The number of fused-ring (bicyclic) bond motifs is 1. The summed E-state index contributed by atoms with van der Waals surface area (Å²) in [6.45, 7) is 4.20. The van der Waals surface area contributed by atoms with Crippen molar-refractivity contribution in [2.75, 3.05) is 31.2 Å². The first-order valence-electron chi connectivity index (χ1n) is 8.90. The summed E-state index contributed by atoms with van der Waals surface area (Å²) < 4.78 is 32.8. The van der Waals surface area contributed by atoms with Crippen LogP contribution in [0.2, 0.25) is 0 Å². The molecule has 0 amide bonds. The number of rotatable bonds is 4. The summed E-state index contributed by atoms with van der Waals surface area (Å²) in [5.41, 5.74) is 1.90. The molecular formula is C18H20BN3O5S. The zero-order chi connectivity index (χ0) is 19.9. The number of hydrogen-bond acceptors (Lipinski definition) is 7. The number of aromatic nitrogens is 2. The van der Waals surface area contributed by atoms with Crippen LogP contribution in [0.1, 0.15) is 5.56 Å². The number of pyridine rings is 1. The number of nitrogens with zero attached hydrogens (tertiary/aromatic N) is 3. The second-order valence-corrected chi connectivity index (χ2v) is 8.52. The van der Waals surface area contributed by atoms with E-state index in [1.54, 1.807) is 18.2 Å². The van der Waals surface area contributed by atoms with Gasteiger partial charge in [-0.2, -0.15) is 0 Å². The summed E-state index contributed by atoms with van der Waals surface area (Å²) in [4.78, 5) is 6.39. The van der Waals surface area contributed by atoms with E-state index in [9.17, 15) is 18.5 Å². The Morgan fingerprint density at radius 3 is 2.43 bits per heavy atom. The van der Waals surface area contributed by atoms with Crippen molar-refractivity contribution in [1.82, 2.24) is 8.96 Å². The van der Waals surface area contributed by atoms with Gasteiger partial charge in [0.15, 0.2) is 5.65 Å². The van der Waals surface area contributed by atoms with Crippen LogP contribution in [0.3, 0.4) is 0 Å². The van der Waals surface area contributed by atoms with Gasteiger partial charge in [-0.25, -0.2) is 17.4 Å². The normalized spacial score (nSPS) is 15.2. The van der Waals surface area contributed by atoms with Gasteiger partial charge in [-0.15, -0.1) is 0 Å². The van der Waals surface area contributed by atoms with Crippen LogP contribution in [0.5, 0.6) is 0 Å². The van der Waals surface area contributed by atoms with Crippen LogP contribution in [0.25, 0.3) is 11.0 Å². The van der Waals surface area contributed by atoms with E-state index in [2.05, 4.69) is 4.98 Å². The Balaban J connectivity index is 1.94. The van der Waals surface area contributed by atoms with E-state index in [-0.39, 0.29) is 16.0 Å². The van der Waals surface area contributed by atoms with Crippen molar-refractivity contribution < 1.29 is 23.2 Å². The molecule has 0 unspecified atom stereocenters. The molecule has 0 bridgehead atoms. The fourth-order valence-corrected chi connectivity index (χ4v) is 4.73. The number of ether oxygens (including phenoxy) is 1. The van der Waals surface area contributed by atoms with Gasteiger partial charge in [-0.3, -0.25) is 0 Å². The predicted octanol–water partition coefficient (Wildman–Crippen LogP) is 0.0981. The Hall–Kier alpha value is -2.40. The maximum atomic E-state index is 13.2. The van der Waals surface area contributed by atoms with Crippen molar-refractivity contribution in [3.05, 3.63) is 48.3 Å². The van der Waals surface area contributed by atoms with Gasteiger partial charge < -0.3 is 19.7 Å². The molecule has 146 valence electrons. The largest absolute Gasteiger partial charge is 0.490 e. The van der Waals surface area contributed by atoms with Crippen molar-refractivity contribution in [2.24, 2.45) is 0 Å². The molecule has 28 heavy (non-hydrogen) atoms. The molecule has 2 N–H and O–H groups in total. The van der Waals surface area contributed by atoms with Crippen LogP contribution in [-0.4, -0.2) is 60.8 Å². The highest BCUT2D eigenvalue weighted by Crippen LogP contribution is 2.28. The van der Waals surface area contributed by atoms with E-state index in [1.165, 1.54) is 24.5 Å². The van der Waals surface area contributed by atoms with Gasteiger partial charge >= 0.3 is 7.12 Å². The van der Waals surface area contributed by atoms with Crippen LogP contribution in [0, 0.1) is 6.92 Å². The average Bonchev–Trinajstić information content (AvgIpc) is 3.10. The Morgan fingerprint density at radius 1 is 1.11 bits per heavy atom. The zero-order valence-corrected chi connectivity index (χ0v) is 16.1. The molecule has 0 aliphatic carbocycles. The third-order valence-electron chi connectivity index (χ3n) is 4.87. The molecule has 1 aliphatic heterocycles. The topological polar surface area (TPSA) is 105 Å². The molecule has 3 heterocycles. The maximum absolute atomic E-state index is 13.2. The lowest BCUT2D eigenvalue weighted by Crippen LogP contribution is -2.37. The zero-order valence-electron chi connectivity index (χ0n) is 15.3. The number of benzene rings is 1. The molecule has 0 atom stereocenters. The van der Waals surface area contributed by atoms with Crippen molar-refractivity contribution in [3.63, 3.8) is 0 Å². The fourth-order valence-electron chi connectivity index (χ4n) is 3.41. The summed E-state index contributed by atoms with van der Waals surface area (Å²) in [5.74, 6) is 0. The molecule has 1 aromatic carbocycles. The molecule has 1 fully saturated rings. The molecule has 1 saturated heterocycles. The fraction of sp³-hybridized carbons (Fsp3) is 0.278. The van der Waals surface area contributed by atoms with Crippen molar-refractivity contribution in [3.8, 4) is 0 Å². The van der Waals surface area contributed by atoms with Crippen LogP contribution in [0.4, 0.5) is 5.69 Å². The number of hydrogen-bond donors (Lipinski definition) is 2. The van der Waals surface area contributed by atoms with Crippen LogP contribution in [-0.2, 0) is 14.8 Å². The van der Waals surface area contributed by atoms with E-state index in [4.69, 9.17) is 4.74 Å². The maximum Gasteiger partial charge on any atom is 0.490 e. The highest BCUT2D eigenvalue weighted by molar-refractivity contribution is 7.90. The van der Waals surface area contributed by atoms with Crippen LogP contribution in [0.15, 0.2) is 47.6 Å². The Morgan fingerprint density at radius 2 is 1.79 bits per heavy atom. The highest BCUT2D eigenvalue weighted by atomic mass is 32.2. The standard InChI is InChI=1S/C18H20BN3O5S/c1-13-2-4-14(5-3-13)28(25,26)22-12-15(19(23)24)17-16(6-7-20-18(17)22)21-8-10-27-11-9-21/h2-7,12,23-24H,8-11H2,1H3. The average molecular weight is 401 g/mol. The third kappa shape index (κ3) is 3.18. The second-order valence-electron chi connectivity index (χ2n) is 6.70. The van der Waals surface area contributed by atoms with Crippen LogP contribution < -0.4 is 10.4 Å². The van der Waals surface area contributed by atoms with Crippen LogP contribution >= 0.6 is 0 Å². The summed E-state index contributed by atoms with van der Waals surface area (Å²) in [6.07, 6.45) is 2.77. The first-order valence-corrected chi connectivity index (χ1v) is 10.3. The summed E-state index contributed by atoms with van der Waals surface area (Å²) in [5, 5.41) is 20.2. The minimum atomic E-state index is -3.95. The lowest BCUT2D eigenvalue weighted by atomic mass is 9.80. The van der Waals surface area contributed by atoms with E-state index in [0.717, 1.165) is 9.54 Å². The molecule has 3 aromatic rings. The van der Waals surface area contributed by atoms with Crippen molar-refractivity contribution >= 4 is 39.3 Å². The molecular weight excluding hydrogens is 381 g/mol. The molecule has 0 saturated carbocycles. The van der Waals surface area contributed by atoms with Gasteiger partial charge in [-0.05, 0) is 25.1 Å². The molecule has 0 radical (unpaired) electrons. The van der Waals surface area contributed by atoms with E-state index >= 15 is 0 Å². The molecule has 2 aromatic heterocycles. The smallest absolute Gasteiger partial charge is 0.423 e. The summed E-state index contributed by atoms with van der Waals surface area (Å²) >= 11 is 0. The highest BCUT2D eigenvalue weighted by Gasteiger charge is 2.29. The monoisotopic (exact) mass is 401 g/mol. The second kappa shape index (κ2) is 7.21. The van der Waals surface area contributed by atoms with E-state index in [1.807, 2.05) is 11.8 Å². The molecule has 1 aliphatic rings.